The first-order valence-electron chi connectivity index (χ1n) is 5.87. The molecule has 2 rings (SSSR count). The molecule has 3 nitrogen and oxygen atoms in total. The summed E-state index contributed by atoms with van der Waals surface area (Å²) < 4.78 is 0. The van der Waals surface area contributed by atoms with Crippen molar-refractivity contribution in [3.63, 3.8) is 0 Å². The summed E-state index contributed by atoms with van der Waals surface area (Å²) in [7, 11) is 0. The van der Waals surface area contributed by atoms with Gasteiger partial charge in [-0.05, 0) is 25.2 Å². The molecule has 3 heteroatoms. The Morgan fingerprint density at radius 2 is 2.12 bits per heavy atom. The zero-order chi connectivity index (χ0) is 11.7. The summed E-state index contributed by atoms with van der Waals surface area (Å²) in [5.74, 6) is -0.112. The van der Waals surface area contributed by atoms with Crippen molar-refractivity contribution in [2.75, 3.05) is 6.54 Å². The molecule has 0 aromatic heterocycles. The minimum Gasteiger partial charge on any atom is -0.309 e. The number of rotatable bonds is 3. The van der Waals surface area contributed by atoms with Crippen molar-refractivity contribution in [2.45, 2.75) is 33.1 Å². The smallest absolute Gasteiger partial charge is 0.299 e. The number of carbonyl (C=O) groups is 2. The Kier molecular flexibility index (Phi) is 2.95. The lowest BCUT2D eigenvalue weighted by Crippen LogP contribution is -2.30. The average molecular weight is 219 g/mol. The summed E-state index contributed by atoms with van der Waals surface area (Å²) in [6, 6.07) is 0. The van der Waals surface area contributed by atoms with Crippen molar-refractivity contribution < 1.29 is 9.59 Å². The van der Waals surface area contributed by atoms with E-state index in [0.717, 1.165) is 25.0 Å². The molecule has 1 heterocycles. The van der Waals surface area contributed by atoms with E-state index in [2.05, 4.69) is 13.8 Å². The standard InChI is InChI=1S/C13H17NO2/c1-9(2)7-8-14-11-6-4-3-5-10(11)12(15)13(14)16/h3,5,9H,4,6-8H2,1-2H3. The number of nitrogens with zero attached hydrogens (tertiary/aromatic N) is 1. The van der Waals surface area contributed by atoms with Gasteiger partial charge in [0.2, 0.25) is 0 Å². The summed E-state index contributed by atoms with van der Waals surface area (Å²) in [6.45, 7) is 4.92. The lowest BCUT2D eigenvalue weighted by molar-refractivity contribution is -0.139. The van der Waals surface area contributed by atoms with E-state index < -0.39 is 0 Å². The molecule has 0 saturated carbocycles. The van der Waals surface area contributed by atoms with Crippen LogP contribution in [-0.2, 0) is 9.59 Å². The highest BCUT2D eigenvalue weighted by Gasteiger charge is 2.37. The van der Waals surface area contributed by atoms with Gasteiger partial charge in [-0.15, -0.1) is 0 Å². The van der Waals surface area contributed by atoms with E-state index in [1.165, 1.54) is 0 Å². The van der Waals surface area contributed by atoms with Gasteiger partial charge in [-0.1, -0.05) is 26.0 Å². The Bertz CT molecular complexity index is 391. The molecule has 0 spiro atoms. The maximum absolute atomic E-state index is 11.8. The maximum Gasteiger partial charge on any atom is 0.299 e. The Hall–Kier alpha value is -1.38. The highest BCUT2D eigenvalue weighted by atomic mass is 16.2. The largest absolute Gasteiger partial charge is 0.309 e. The second kappa shape index (κ2) is 4.24. The summed E-state index contributed by atoms with van der Waals surface area (Å²) in [6.07, 6.45) is 6.46. The zero-order valence-electron chi connectivity index (χ0n) is 9.82. The minimum atomic E-state index is -0.336. The van der Waals surface area contributed by atoms with Crippen molar-refractivity contribution in [3.8, 4) is 0 Å². The average Bonchev–Trinajstić information content (AvgIpc) is 2.50. The summed E-state index contributed by atoms with van der Waals surface area (Å²) in [5.41, 5.74) is 1.57. The van der Waals surface area contributed by atoms with Crippen molar-refractivity contribution in [1.82, 2.24) is 4.90 Å². The van der Waals surface area contributed by atoms with Crippen LogP contribution in [0, 0.1) is 5.92 Å². The Morgan fingerprint density at radius 3 is 2.81 bits per heavy atom. The first kappa shape index (κ1) is 11.1. The molecule has 1 aliphatic heterocycles. The first-order valence-corrected chi connectivity index (χ1v) is 5.87. The van der Waals surface area contributed by atoms with Crippen LogP contribution in [0.25, 0.3) is 0 Å². The molecular weight excluding hydrogens is 202 g/mol. The zero-order valence-corrected chi connectivity index (χ0v) is 9.82. The third kappa shape index (κ3) is 1.82. The fraction of sp³-hybridized carbons (Fsp3) is 0.538. The molecule has 0 aromatic carbocycles. The Morgan fingerprint density at radius 1 is 1.38 bits per heavy atom. The molecule has 2 aliphatic rings. The van der Waals surface area contributed by atoms with E-state index in [0.29, 0.717) is 18.0 Å². The van der Waals surface area contributed by atoms with Crippen molar-refractivity contribution in [2.24, 2.45) is 5.92 Å². The first-order chi connectivity index (χ1) is 7.61. The van der Waals surface area contributed by atoms with Crippen LogP contribution >= 0.6 is 0 Å². The monoisotopic (exact) mass is 219 g/mol. The van der Waals surface area contributed by atoms with Crippen LogP contribution in [0.4, 0.5) is 0 Å². The van der Waals surface area contributed by atoms with Crippen molar-refractivity contribution >= 4 is 11.7 Å². The minimum absolute atomic E-state index is 0.324. The number of carbonyl (C=O) groups excluding carboxylic acids is 2. The van der Waals surface area contributed by atoms with E-state index in [1.54, 1.807) is 11.0 Å². The number of ketones is 1. The number of allylic oxidation sites excluding steroid dienone is 3. The molecule has 0 saturated heterocycles. The maximum atomic E-state index is 11.8. The predicted octanol–water partition coefficient (Wildman–Crippen LogP) is 2.05. The second-order valence-corrected chi connectivity index (χ2v) is 4.77. The van der Waals surface area contributed by atoms with Crippen LogP contribution in [0.2, 0.25) is 0 Å². The fourth-order valence-electron chi connectivity index (χ4n) is 2.12. The van der Waals surface area contributed by atoms with Gasteiger partial charge in [0, 0.05) is 17.8 Å². The summed E-state index contributed by atoms with van der Waals surface area (Å²) in [5, 5.41) is 0. The quantitative estimate of drug-likeness (QED) is 0.681. The second-order valence-electron chi connectivity index (χ2n) is 4.77. The number of hydrogen-bond donors (Lipinski definition) is 0. The summed E-state index contributed by atoms with van der Waals surface area (Å²) in [4.78, 5) is 25.2. The van der Waals surface area contributed by atoms with Crippen LogP contribution in [-0.4, -0.2) is 23.1 Å². The van der Waals surface area contributed by atoms with E-state index in [9.17, 15) is 9.59 Å². The molecule has 86 valence electrons. The van der Waals surface area contributed by atoms with E-state index >= 15 is 0 Å². The Labute approximate surface area is 95.8 Å². The van der Waals surface area contributed by atoms with Crippen LogP contribution < -0.4 is 0 Å². The van der Waals surface area contributed by atoms with Crippen molar-refractivity contribution in [3.05, 3.63) is 23.4 Å². The summed E-state index contributed by atoms with van der Waals surface area (Å²) >= 11 is 0. The van der Waals surface area contributed by atoms with Gasteiger partial charge in [0.15, 0.2) is 0 Å². The molecule has 0 N–H and O–H groups in total. The normalized spacial score (nSPS) is 20.1. The predicted molar refractivity (Wildman–Crippen MR) is 61.6 cm³/mol. The van der Waals surface area contributed by atoms with Gasteiger partial charge in [0.25, 0.3) is 11.7 Å². The molecule has 0 unspecified atom stereocenters. The fourth-order valence-corrected chi connectivity index (χ4v) is 2.12. The van der Waals surface area contributed by atoms with E-state index in [-0.39, 0.29) is 11.7 Å². The van der Waals surface area contributed by atoms with Crippen LogP contribution in [0.15, 0.2) is 23.4 Å². The molecule has 0 radical (unpaired) electrons. The van der Waals surface area contributed by atoms with Gasteiger partial charge in [-0.25, -0.2) is 0 Å². The van der Waals surface area contributed by atoms with Gasteiger partial charge >= 0.3 is 0 Å². The van der Waals surface area contributed by atoms with Gasteiger partial charge in [0.1, 0.15) is 0 Å². The van der Waals surface area contributed by atoms with Crippen LogP contribution in [0.1, 0.15) is 33.1 Å². The van der Waals surface area contributed by atoms with Gasteiger partial charge in [0.05, 0.1) is 0 Å². The molecule has 16 heavy (non-hydrogen) atoms. The van der Waals surface area contributed by atoms with Crippen molar-refractivity contribution in [1.29, 1.82) is 0 Å². The highest BCUT2D eigenvalue weighted by molar-refractivity contribution is 6.46. The van der Waals surface area contributed by atoms with Gasteiger partial charge < -0.3 is 4.90 Å². The molecule has 0 aromatic rings. The van der Waals surface area contributed by atoms with E-state index in [1.807, 2.05) is 6.08 Å². The molecule has 0 atom stereocenters. The number of Topliss-reactive ketones (excluding diaryl/α,β-unsaturated/α-hetero) is 1. The SMILES string of the molecule is CC(C)CCN1C(=O)C(=O)C2=C1CCC=C2. The molecule has 0 bridgehead atoms. The van der Waals surface area contributed by atoms with Crippen LogP contribution in [0.3, 0.4) is 0 Å². The van der Waals surface area contributed by atoms with Gasteiger partial charge in [-0.3, -0.25) is 9.59 Å². The third-order valence-corrected chi connectivity index (χ3v) is 3.08. The Balaban J connectivity index is 2.18. The third-order valence-electron chi connectivity index (χ3n) is 3.08. The molecule has 1 aliphatic carbocycles. The number of amides is 1. The lowest BCUT2D eigenvalue weighted by Gasteiger charge is -2.21. The molecule has 1 amide bonds. The van der Waals surface area contributed by atoms with Gasteiger partial charge in [-0.2, -0.15) is 0 Å². The van der Waals surface area contributed by atoms with E-state index in [4.69, 9.17) is 0 Å². The lowest BCUT2D eigenvalue weighted by atomic mass is 10.0. The van der Waals surface area contributed by atoms with Crippen LogP contribution in [0.5, 0.6) is 0 Å². The number of hydrogen-bond acceptors (Lipinski definition) is 2. The molecule has 0 fully saturated rings. The molecular formula is C13H17NO2. The topological polar surface area (TPSA) is 37.4 Å². The highest BCUT2D eigenvalue weighted by Crippen LogP contribution is 2.30.